The Kier molecular flexibility index (Phi) is 2.87. The van der Waals surface area contributed by atoms with Gasteiger partial charge in [0, 0.05) is 24.2 Å². The number of H-pyrrole nitrogens is 1. The average Bonchev–Trinajstić information content (AvgIpc) is 3.01. The maximum atomic E-state index is 14.4. The van der Waals surface area contributed by atoms with E-state index in [1.807, 2.05) is 0 Å². The number of fused-ring (bicyclic) bond motifs is 3. The summed E-state index contributed by atoms with van der Waals surface area (Å²) in [6.07, 6.45) is 4.69. The third kappa shape index (κ3) is 1.97. The van der Waals surface area contributed by atoms with Crippen LogP contribution >= 0.6 is 0 Å². The Labute approximate surface area is 129 Å². The Morgan fingerprint density at radius 1 is 1.30 bits per heavy atom. The highest BCUT2D eigenvalue weighted by molar-refractivity contribution is 5.91. The highest BCUT2D eigenvalue weighted by Gasteiger charge is 2.15. The van der Waals surface area contributed by atoms with Gasteiger partial charge in [-0.3, -0.25) is 9.38 Å². The number of nitrogens with one attached hydrogen (secondary N) is 1. The van der Waals surface area contributed by atoms with Gasteiger partial charge in [-0.15, -0.1) is 0 Å². The molecule has 0 spiro atoms. The first-order valence-electron chi connectivity index (χ1n) is 6.87. The Morgan fingerprint density at radius 2 is 2.17 bits per heavy atom. The molecule has 0 fully saturated rings. The van der Waals surface area contributed by atoms with Crippen LogP contribution in [-0.2, 0) is 0 Å². The molecule has 4 aromatic rings. The zero-order valence-corrected chi connectivity index (χ0v) is 12.1. The van der Waals surface area contributed by atoms with E-state index in [2.05, 4.69) is 15.0 Å². The van der Waals surface area contributed by atoms with Crippen molar-refractivity contribution in [3.63, 3.8) is 0 Å². The molecular formula is C16H11FN4O2. The van der Waals surface area contributed by atoms with E-state index in [1.54, 1.807) is 30.6 Å². The van der Waals surface area contributed by atoms with Crippen molar-refractivity contribution in [2.45, 2.75) is 0 Å². The van der Waals surface area contributed by atoms with Crippen molar-refractivity contribution in [2.24, 2.45) is 0 Å². The Balaban J connectivity index is 2.05. The van der Waals surface area contributed by atoms with Gasteiger partial charge in [0.1, 0.15) is 0 Å². The largest absolute Gasteiger partial charge is 0.494 e. The summed E-state index contributed by atoms with van der Waals surface area (Å²) in [6, 6.07) is 6.48. The molecule has 3 aromatic heterocycles. The van der Waals surface area contributed by atoms with Crippen LogP contribution in [0.3, 0.4) is 0 Å². The van der Waals surface area contributed by atoms with Gasteiger partial charge in [0.15, 0.2) is 17.2 Å². The van der Waals surface area contributed by atoms with Crippen LogP contribution in [0.2, 0.25) is 0 Å². The number of imidazole rings is 1. The predicted molar refractivity (Wildman–Crippen MR) is 83.1 cm³/mol. The minimum absolute atomic E-state index is 0.125. The summed E-state index contributed by atoms with van der Waals surface area (Å²) >= 11 is 0. The topological polar surface area (TPSA) is 72.3 Å². The second kappa shape index (κ2) is 4.91. The van der Waals surface area contributed by atoms with Gasteiger partial charge < -0.3 is 9.72 Å². The number of ether oxygens (including phenoxy) is 1. The van der Waals surface area contributed by atoms with E-state index < -0.39 is 5.82 Å². The molecule has 23 heavy (non-hydrogen) atoms. The summed E-state index contributed by atoms with van der Waals surface area (Å²) in [4.78, 5) is 23.4. The Morgan fingerprint density at radius 3 is 3.00 bits per heavy atom. The number of methoxy groups -OCH3 is 1. The summed E-state index contributed by atoms with van der Waals surface area (Å²) in [5, 5.41) is 0.682. The number of nitrogens with zero attached hydrogens (tertiary/aromatic N) is 3. The second-order valence-electron chi connectivity index (χ2n) is 4.99. The quantitative estimate of drug-likeness (QED) is 0.617. The van der Waals surface area contributed by atoms with E-state index in [1.165, 1.54) is 23.8 Å². The maximum Gasteiger partial charge on any atom is 0.331 e. The highest BCUT2D eigenvalue weighted by Crippen LogP contribution is 2.29. The summed E-state index contributed by atoms with van der Waals surface area (Å²) in [7, 11) is 1.40. The molecule has 0 bridgehead atoms. The lowest BCUT2D eigenvalue weighted by Gasteiger charge is -2.04. The molecule has 0 atom stereocenters. The first-order valence-corrected chi connectivity index (χ1v) is 6.87. The van der Waals surface area contributed by atoms with Gasteiger partial charge in [-0.1, -0.05) is 6.07 Å². The molecule has 7 heteroatoms. The van der Waals surface area contributed by atoms with Gasteiger partial charge in [0.25, 0.3) is 0 Å². The highest BCUT2D eigenvalue weighted by atomic mass is 19.1. The Bertz CT molecular complexity index is 1100. The van der Waals surface area contributed by atoms with Crippen molar-refractivity contribution in [3.05, 3.63) is 59.2 Å². The summed E-state index contributed by atoms with van der Waals surface area (Å²) < 4.78 is 20.8. The number of pyridine rings is 1. The lowest BCUT2D eigenvalue weighted by Crippen LogP contribution is -2.15. The zero-order chi connectivity index (χ0) is 16.0. The fourth-order valence-electron chi connectivity index (χ4n) is 2.58. The Hall–Kier alpha value is -3.22. The normalized spacial score (nSPS) is 11.2. The molecule has 1 aromatic carbocycles. The average molecular weight is 310 g/mol. The molecule has 0 aliphatic heterocycles. The molecular weight excluding hydrogens is 299 g/mol. The molecule has 0 saturated heterocycles. The number of aromatic nitrogens is 4. The van der Waals surface area contributed by atoms with Crippen molar-refractivity contribution < 1.29 is 9.13 Å². The summed E-state index contributed by atoms with van der Waals surface area (Å²) in [5.41, 5.74) is 1.32. The predicted octanol–water partition coefficient (Wildman–Crippen LogP) is 2.39. The zero-order valence-electron chi connectivity index (χ0n) is 12.1. The van der Waals surface area contributed by atoms with Crippen molar-refractivity contribution in [1.29, 1.82) is 0 Å². The molecule has 1 N–H and O–H groups in total. The first-order chi connectivity index (χ1) is 11.2. The van der Waals surface area contributed by atoms with Gasteiger partial charge in [-0.2, -0.15) is 0 Å². The van der Waals surface area contributed by atoms with Crippen LogP contribution in [0.15, 0.2) is 47.7 Å². The number of hydrogen-bond donors (Lipinski definition) is 1. The monoisotopic (exact) mass is 310 g/mol. The van der Waals surface area contributed by atoms with E-state index in [4.69, 9.17) is 4.74 Å². The molecule has 6 nitrogen and oxygen atoms in total. The van der Waals surface area contributed by atoms with E-state index in [-0.39, 0.29) is 17.0 Å². The van der Waals surface area contributed by atoms with Crippen molar-refractivity contribution >= 4 is 16.6 Å². The smallest absolute Gasteiger partial charge is 0.331 e. The fourth-order valence-corrected chi connectivity index (χ4v) is 2.58. The van der Waals surface area contributed by atoms with Crippen LogP contribution in [0.5, 0.6) is 5.75 Å². The van der Waals surface area contributed by atoms with Gasteiger partial charge in [0.2, 0.25) is 0 Å². The number of aromatic amines is 1. The molecule has 3 heterocycles. The van der Waals surface area contributed by atoms with Gasteiger partial charge in [-0.25, -0.2) is 14.2 Å². The molecule has 114 valence electrons. The molecule has 0 unspecified atom stereocenters. The van der Waals surface area contributed by atoms with Crippen LogP contribution < -0.4 is 10.4 Å². The number of rotatable bonds is 2. The summed E-state index contributed by atoms with van der Waals surface area (Å²) in [5.74, 6) is -0.391. The van der Waals surface area contributed by atoms with Crippen LogP contribution in [-0.4, -0.2) is 26.5 Å². The van der Waals surface area contributed by atoms with E-state index in [9.17, 15) is 9.18 Å². The van der Waals surface area contributed by atoms with E-state index in [0.29, 0.717) is 22.2 Å². The minimum Gasteiger partial charge on any atom is -0.494 e. The molecule has 0 amide bonds. The lowest BCUT2D eigenvalue weighted by molar-refractivity contribution is 0.387. The SMILES string of the molecule is COc1cccc(-c2cn3c(=O)[nH]c4ccncc4c3n2)c1F. The lowest BCUT2D eigenvalue weighted by atomic mass is 10.1. The molecule has 0 saturated carbocycles. The first kappa shape index (κ1) is 13.4. The van der Waals surface area contributed by atoms with Gasteiger partial charge in [0.05, 0.1) is 23.7 Å². The fraction of sp³-hybridized carbons (Fsp3) is 0.0625. The van der Waals surface area contributed by atoms with Crippen LogP contribution in [0.1, 0.15) is 0 Å². The molecule has 0 aliphatic rings. The maximum absolute atomic E-state index is 14.4. The van der Waals surface area contributed by atoms with Crippen LogP contribution in [0.25, 0.3) is 27.8 Å². The van der Waals surface area contributed by atoms with E-state index >= 15 is 0 Å². The molecule has 4 rings (SSSR count). The number of hydrogen-bond acceptors (Lipinski definition) is 4. The van der Waals surface area contributed by atoms with Gasteiger partial charge >= 0.3 is 5.69 Å². The third-order valence-electron chi connectivity index (χ3n) is 3.69. The molecule has 0 aliphatic carbocycles. The van der Waals surface area contributed by atoms with Crippen molar-refractivity contribution in [3.8, 4) is 17.0 Å². The summed E-state index contributed by atoms with van der Waals surface area (Å²) in [6.45, 7) is 0. The third-order valence-corrected chi connectivity index (χ3v) is 3.69. The molecule has 0 radical (unpaired) electrons. The minimum atomic E-state index is -0.516. The number of halogens is 1. The van der Waals surface area contributed by atoms with Gasteiger partial charge in [-0.05, 0) is 18.2 Å². The van der Waals surface area contributed by atoms with Crippen molar-refractivity contribution in [2.75, 3.05) is 7.11 Å². The number of benzene rings is 1. The standard InChI is InChI=1S/C16H11FN4O2/c1-23-13-4-2-3-9(14(13)17)12-8-21-15(19-12)10-7-18-6-5-11(10)20-16(21)22/h2-8H,1H3,(H,20,22). The second-order valence-corrected chi connectivity index (χ2v) is 4.99. The van der Waals surface area contributed by atoms with Crippen LogP contribution in [0.4, 0.5) is 4.39 Å². The van der Waals surface area contributed by atoms with Crippen molar-refractivity contribution in [1.82, 2.24) is 19.4 Å². The van der Waals surface area contributed by atoms with Crippen LogP contribution in [0, 0.1) is 5.82 Å². The van der Waals surface area contributed by atoms with E-state index in [0.717, 1.165) is 0 Å².